The Bertz CT molecular complexity index is 1150. The Kier molecular flexibility index (Phi) is 4.25. The molecule has 134 valence electrons. The zero-order valence-corrected chi connectivity index (χ0v) is 14.6. The summed E-state index contributed by atoms with van der Waals surface area (Å²) in [5, 5.41) is 6.32. The number of ketones is 1. The van der Waals surface area contributed by atoms with Crippen LogP contribution >= 0.6 is 11.6 Å². The molecule has 0 bridgehead atoms. The molecule has 4 rings (SSSR count). The summed E-state index contributed by atoms with van der Waals surface area (Å²) in [7, 11) is 0. The van der Waals surface area contributed by atoms with E-state index in [2.05, 4.69) is 10.6 Å². The van der Waals surface area contributed by atoms with Crippen LogP contribution in [-0.4, -0.2) is 11.8 Å². The molecule has 0 fully saturated rings. The van der Waals surface area contributed by atoms with Crippen LogP contribution in [0.2, 0.25) is 5.02 Å². The Morgan fingerprint density at radius 2 is 1.78 bits per heavy atom. The molecule has 2 N–H and O–H groups in total. The van der Waals surface area contributed by atoms with Gasteiger partial charge in [-0.1, -0.05) is 41.9 Å². The van der Waals surface area contributed by atoms with E-state index in [0.717, 1.165) is 0 Å². The second kappa shape index (κ2) is 6.74. The minimum Gasteiger partial charge on any atom is -0.422 e. The number of fused-ring (bicyclic) bond motifs is 1. The molecule has 2 heterocycles. The number of nitrogens with one attached hydrogen (secondary N) is 2. The molecule has 0 radical (unpaired) electrons. The van der Waals surface area contributed by atoms with Gasteiger partial charge in [-0.25, -0.2) is 9.59 Å². The predicted molar refractivity (Wildman–Crippen MR) is 101 cm³/mol. The van der Waals surface area contributed by atoms with Crippen LogP contribution in [0.25, 0.3) is 11.0 Å². The molecule has 1 aliphatic rings. The van der Waals surface area contributed by atoms with E-state index in [-0.39, 0.29) is 11.1 Å². The first-order chi connectivity index (χ1) is 13.0. The first kappa shape index (κ1) is 17.1. The third kappa shape index (κ3) is 3.22. The third-order valence-corrected chi connectivity index (χ3v) is 4.55. The maximum atomic E-state index is 13.1. The number of para-hydroxylation sites is 1. The molecular formula is C20H13ClN2O4. The summed E-state index contributed by atoms with van der Waals surface area (Å²) in [6.45, 7) is 0. The molecule has 3 aromatic rings. The topological polar surface area (TPSA) is 88.4 Å². The van der Waals surface area contributed by atoms with Crippen molar-refractivity contribution in [2.24, 2.45) is 0 Å². The van der Waals surface area contributed by atoms with Crippen molar-refractivity contribution in [2.75, 3.05) is 0 Å². The maximum absolute atomic E-state index is 13.1. The molecule has 2 aromatic carbocycles. The van der Waals surface area contributed by atoms with Gasteiger partial charge in [-0.15, -0.1) is 0 Å². The van der Waals surface area contributed by atoms with Gasteiger partial charge in [0.15, 0.2) is 5.78 Å². The molecule has 2 amide bonds. The highest BCUT2D eigenvalue weighted by Gasteiger charge is 2.30. The van der Waals surface area contributed by atoms with E-state index in [1.54, 1.807) is 48.5 Å². The van der Waals surface area contributed by atoms with Crippen LogP contribution < -0.4 is 16.3 Å². The second-order valence-electron chi connectivity index (χ2n) is 6.02. The van der Waals surface area contributed by atoms with Crippen molar-refractivity contribution < 1.29 is 14.0 Å². The predicted octanol–water partition coefficient (Wildman–Crippen LogP) is 3.57. The Balaban J connectivity index is 1.79. The number of Topliss-reactive ketones (excluding diaryl/α,β-unsaturated/α-hetero) is 1. The molecule has 6 nitrogen and oxygen atoms in total. The molecule has 0 spiro atoms. The molecule has 1 atom stereocenters. The first-order valence-electron chi connectivity index (χ1n) is 8.13. The Hall–Kier alpha value is -3.38. The van der Waals surface area contributed by atoms with Gasteiger partial charge in [-0.05, 0) is 29.8 Å². The quantitative estimate of drug-likeness (QED) is 0.537. The van der Waals surface area contributed by atoms with Gasteiger partial charge < -0.3 is 15.1 Å². The summed E-state index contributed by atoms with van der Waals surface area (Å²) in [6.07, 6.45) is 1.31. The summed E-state index contributed by atoms with van der Waals surface area (Å²) in [5.74, 6) is -0.526. The van der Waals surface area contributed by atoms with Crippen LogP contribution in [-0.2, 0) is 0 Å². The number of carbonyl (C=O) groups is 2. The molecule has 7 heteroatoms. The molecule has 27 heavy (non-hydrogen) atoms. The number of hydrogen-bond acceptors (Lipinski definition) is 4. The molecular weight excluding hydrogens is 368 g/mol. The highest BCUT2D eigenvalue weighted by molar-refractivity contribution is 6.30. The van der Waals surface area contributed by atoms with Crippen LogP contribution in [0, 0.1) is 0 Å². The fourth-order valence-electron chi connectivity index (χ4n) is 2.97. The van der Waals surface area contributed by atoms with E-state index < -0.39 is 23.5 Å². The van der Waals surface area contributed by atoms with Gasteiger partial charge in [-0.2, -0.15) is 0 Å². The van der Waals surface area contributed by atoms with E-state index in [4.69, 9.17) is 16.0 Å². The van der Waals surface area contributed by atoms with Crippen molar-refractivity contribution in [3.8, 4) is 0 Å². The lowest BCUT2D eigenvalue weighted by molar-refractivity contribution is 0.102. The summed E-state index contributed by atoms with van der Waals surface area (Å²) in [6, 6.07) is 14.0. The standard InChI is InChI=1S/C20H13ClN2O4/c21-13-7-5-11(6-8-13)17-15(10-22-20(26)23-17)18(24)14-9-12-3-1-2-4-16(12)27-19(14)25/h1-10,17H,(H2,22,23,26). The lowest BCUT2D eigenvalue weighted by atomic mass is 9.92. The lowest BCUT2D eigenvalue weighted by Gasteiger charge is -2.25. The molecule has 0 saturated heterocycles. The van der Waals surface area contributed by atoms with Crippen molar-refractivity contribution in [2.45, 2.75) is 6.04 Å². The summed E-state index contributed by atoms with van der Waals surface area (Å²) in [5.41, 5.74) is 0.458. The molecule has 1 aliphatic heterocycles. The zero-order chi connectivity index (χ0) is 19.0. The maximum Gasteiger partial charge on any atom is 0.347 e. The van der Waals surface area contributed by atoms with Gasteiger partial charge in [-0.3, -0.25) is 4.79 Å². The van der Waals surface area contributed by atoms with Gasteiger partial charge >= 0.3 is 11.7 Å². The number of rotatable bonds is 3. The highest BCUT2D eigenvalue weighted by Crippen LogP contribution is 2.27. The van der Waals surface area contributed by atoms with Crippen molar-refractivity contribution in [3.05, 3.63) is 92.9 Å². The minimum absolute atomic E-state index is 0.100. The average Bonchev–Trinajstić information content (AvgIpc) is 2.67. The molecule has 0 saturated carbocycles. The van der Waals surface area contributed by atoms with Gasteiger partial charge in [0.25, 0.3) is 0 Å². The molecule has 0 aliphatic carbocycles. The monoisotopic (exact) mass is 380 g/mol. The summed E-state index contributed by atoms with van der Waals surface area (Å²) < 4.78 is 5.25. The Morgan fingerprint density at radius 3 is 2.56 bits per heavy atom. The Morgan fingerprint density at radius 1 is 1.04 bits per heavy atom. The highest BCUT2D eigenvalue weighted by atomic mass is 35.5. The summed E-state index contributed by atoms with van der Waals surface area (Å²) >= 11 is 5.92. The fraction of sp³-hybridized carbons (Fsp3) is 0.0500. The van der Waals surface area contributed by atoms with E-state index in [1.165, 1.54) is 12.3 Å². The van der Waals surface area contributed by atoms with Crippen molar-refractivity contribution in [1.29, 1.82) is 0 Å². The van der Waals surface area contributed by atoms with Gasteiger partial charge in [0.2, 0.25) is 0 Å². The fourth-order valence-corrected chi connectivity index (χ4v) is 3.09. The van der Waals surface area contributed by atoms with Crippen LogP contribution in [0.15, 0.2) is 75.6 Å². The minimum atomic E-state index is -0.730. The first-order valence-corrected chi connectivity index (χ1v) is 8.51. The lowest BCUT2D eigenvalue weighted by Crippen LogP contribution is -2.42. The number of amides is 2. The van der Waals surface area contributed by atoms with Crippen LogP contribution in [0.1, 0.15) is 22.0 Å². The van der Waals surface area contributed by atoms with Crippen molar-refractivity contribution in [3.63, 3.8) is 0 Å². The molecule has 1 unspecified atom stereocenters. The van der Waals surface area contributed by atoms with E-state index >= 15 is 0 Å². The third-order valence-electron chi connectivity index (χ3n) is 4.30. The number of urea groups is 1. The van der Waals surface area contributed by atoms with Crippen LogP contribution in [0.4, 0.5) is 4.79 Å². The Labute approximate surface area is 158 Å². The van der Waals surface area contributed by atoms with Gasteiger partial charge in [0.1, 0.15) is 11.1 Å². The number of halogens is 1. The smallest absolute Gasteiger partial charge is 0.347 e. The van der Waals surface area contributed by atoms with E-state index in [9.17, 15) is 14.4 Å². The van der Waals surface area contributed by atoms with Gasteiger partial charge in [0, 0.05) is 22.2 Å². The van der Waals surface area contributed by atoms with E-state index in [0.29, 0.717) is 21.6 Å². The number of hydrogen-bond donors (Lipinski definition) is 2. The van der Waals surface area contributed by atoms with Crippen LogP contribution in [0.3, 0.4) is 0 Å². The number of benzene rings is 2. The zero-order valence-electron chi connectivity index (χ0n) is 13.9. The SMILES string of the molecule is O=C1NC=C(C(=O)c2cc3ccccc3oc2=O)C(c2ccc(Cl)cc2)N1. The van der Waals surface area contributed by atoms with Crippen LogP contribution in [0.5, 0.6) is 0 Å². The molecule has 1 aromatic heterocycles. The normalized spacial score (nSPS) is 16.4. The van der Waals surface area contributed by atoms with Crippen molar-refractivity contribution >= 4 is 34.4 Å². The average molecular weight is 381 g/mol. The van der Waals surface area contributed by atoms with E-state index in [1.807, 2.05) is 0 Å². The second-order valence-corrected chi connectivity index (χ2v) is 6.45. The summed E-state index contributed by atoms with van der Waals surface area (Å²) in [4.78, 5) is 37.2. The largest absolute Gasteiger partial charge is 0.422 e. The van der Waals surface area contributed by atoms with Crippen molar-refractivity contribution in [1.82, 2.24) is 10.6 Å². The number of carbonyl (C=O) groups excluding carboxylic acids is 2. The van der Waals surface area contributed by atoms with Gasteiger partial charge in [0.05, 0.1) is 6.04 Å².